The number of amides is 1. The van der Waals surface area contributed by atoms with Gasteiger partial charge in [0.15, 0.2) is 10.3 Å². The molecule has 114 valence electrons. The summed E-state index contributed by atoms with van der Waals surface area (Å²) in [5.41, 5.74) is 7.74. The molecule has 0 saturated carbocycles. The Balaban J connectivity index is 1.76. The fourth-order valence-electron chi connectivity index (χ4n) is 1.99. The first-order valence-electron chi connectivity index (χ1n) is 6.46. The van der Waals surface area contributed by atoms with E-state index in [0.717, 1.165) is 15.8 Å². The molecule has 0 bridgehead atoms. The van der Waals surface area contributed by atoms with Gasteiger partial charge in [0, 0.05) is 0 Å². The number of nitrogens with zero attached hydrogens (tertiary/aromatic N) is 4. The fraction of sp³-hybridized carbons (Fsp3) is 0.231. The van der Waals surface area contributed by atoms with E-state index in [1.807, 2.05) is 31.4 Å². The number of rotatable bonds is 4. The third-order valence-corrected chi connectivity index (χ3v) is 4.64. The minimum atomic E-state index is -0.211. The molecule has 0 aliphatic rings. The minimum absolute atomic E-state index is 0.0595. The highest BCUT2D eigenvalue weighted by atomic mass is 32.2. The number of thioether (sulfide) groups is 1. The number of hydrogen-bond donors (Lipinski definition) is 2. The van der Waals surface area contributed by atoms with Crippen LogP contribution in [-0.2, 0) is 11.3 Å². The van der Waals surface area contributed by atoms with Crippen LogP contribution >= 0.6 is 23.1 Å². The molecular formula is C13H14N6OS2. The van der Waals surface area contributed by atoms with Gasteiger partial charge in [-0.2, -0.15) is 0 Å². The van der Waals surface area contributed by atoms with E-state index in [4.69, 9.17) is 5.73 Å². The topological polar surface area (TPSA) is 98.7 Å². The second kappa shape index (κ2) is 5.93. The van der Waals surface area contributed by atoms with Crippen molar-refractivity contribution in [3.05, 3.63) is 23.8 Å². The molecule has 2 heterocycles. The number of aromatic nitrogens is 4. The Bertz CT molecular complexity index is 840. The van der Waals surface area contributed by atoms with E-state index in [0.29, 0.717) is 10.3 Å². The third kappa shape index (κ3) is 2.90. The van der Waals surface area contributed by atoms with Crippen molar-refractivity contribution in [3.63, 3.8) is 0 Å². The van der Waals surface area contributed by atoms with Crippen LogP contribution in [0, 0.1) is 6.92 Å². The molecule has 0 radical (unpaired) electrons. The average molecular weight is 334 g/mol. The fourth-order valence-corrected chi connectivity index (χ4v) is 3.36. The van der Waals surface area contributed by atoms with Crippen molar-refractivity contribution in [3.8, 4) is 0 Å². The summed E-state index contributed by atoms with van der Waals surface area (Å²) in [4.78, 5) is 16.6. The molecule has 0 aliphatic carbocycles. The van der Waals surface area contributed by atoms with Gasteiger partial charge in [-0.3, -0.25) is 9.36 Å². The zero-order chi connectivity index (χ0) is 15.7. The lowest BCUT2D eigenvalue weighted by Crippen LogP contribution is -2.20. The molecule has 0 saturated heterocycles. The van der Waals surface area contributed by atoms with Crippen molar-refractivity contribution in [1.29, 1.82) is 0 Å². The van der Waals surface area contributed by atoms with Crippen LogP contribution in [0.1, 0.15) is 5.56 Å². The summed E-state index contributed by atoms with van der Waals surface area (Å²) < 4.78 is 2.60. The van der Waals surface area contributed by atoms with Gasteiger partial charge < -0.3 is 11.1 Å². The summed E-state index contributed by atoms with van der Waals surface area (Å²) in [6, 6.07) is 6.02. The number of carbonyl (C=O) groups is 1. The first kappa shape index (κ1) is 14.8. The molecule has 0 aliphatic heterocycles. The molecular weight excluding hydrogens is 320 g/mol. The molecule has 0 unspecified atom stereocenters. The third-order valence-electron chi connectivity index (χ3n) is 3.02. The van der Waals surface area contributed by atoms with E-state index in [2.05, 4.69) is 20.5 Å². The summed E-state index contributed by atoms with van der Waals surface area (Å²) in [5, 5.41) is 11.6. The van der Waals surface area contributed by atoms with Gasteiger partial charge in [-0.25, -0.2) is 4.98 Å². The summed E-state index contributed by atoms with van der Waals surface area (Å²) in [7, 11) is 0. The van der Waals surface area contributed by atoms with Crippen LogP contribution in [0.4, 0.5) is 11.1 Å². The first-order chi connectivity index (χ1) is 10.6. The zero-order valence-corrected chi connectivity index (χ0v) is 13.7. The minimum Gasteiger partial charge on any atom is -0.368 e. The van der Waals surface area contributed by atoms with Crippen molar-refractivity contribution >= 4 is 50.3 Å². The van der Waals surface area contributed by atoms with Gasteiger partial charge in [0.25, 0.3) is 0 Å². The molecule has 0 fully saturated rings. The second-order valence-corrected chi connectivity index (χ2v) is 6.47. The summed E-state index contributed by atoms with van der Waals surface area (Å²) in [6.07, 6.45) is 1.85. The van der Waals surface area contributed by atoms with Crippen LogP contribution < -0.4 is 11.1 Å². The Hall–Kier alpha value is -2.13. The SMILES string of the molecule is CSc1nnc(N)n1CC(=O)Nc1nc2cc(C)ccc2s1. The number of aryl methyl sites for hydroxylation is 1. The van der Waals surface area contributed by atoms with Gasteiger partial charge in [0.2, 0.25) is 11.9 Å². The number of nitrogens with two attached hydrogens (primary N) is 1. The standard InChI is InChI=1S/C13H14N6OS2/c1-7-3-4-9-8(5-7)15-12(22-9)16-10(20)6-19-11(14)17-18-13(19)21-2/h3-5H,6H2,1-2H3,(H2,14,17)(H,15,16,20). The molecule has 3 rings (SSSR count). The van der Waals surface area contributed by atoms with Crippen molar-refractivity contribution in [1.82, 2.24) is 19.7 Å². The summed E-state index contributed by atoms with van der Waals surface area (Å²) in [5.74, 6) is 0.0111. The highest BCUT2D eigenvalue weighted by molar-refractivity contribution is 7.98. The average Bonchev–Trinajstić information content (AvgIpc) is 3.02. The number of hydrogen-bond acceptors (Lipinski definition) is 7. The van der Waals surface area contributed by atoms with Crippen LogP contribution in [0.3, 0.4) is 0 Å². The number of fused-ring (bicyclic) bond motifs is 1. The van der Waals surface area contributed by atoms with E-state index in [1.165, 1.54) is 23.1 Å². The maximum Gasteiger partial charge on any atom is 0.246 e. The van der Waals surface area contributed by atoms with E-state index in [9.17, 15) is 4.79 Å². The molecule has 3 N–H and O–H groups in total. The molecule has 1 aromatic carbocycles. The van der Waals surface area contributed by atoms with Gasteiger partial charge in [-0.05, 0) is 30.9 Å². The lowest BCUT2D eigenvalue weighted by molar-refractivity contribution is -0.116. The van der Waals surface area contributed by atoms with Gasteiger partial charge in [0.05, 0.1) is 10.2 Å². The van der Waals surface area contributed by atoms with E-state index >= 15 is 0 Å². The van der Waals surface area contributed by atoms with Crippen LogP contribution in [0.5, 0.6) is 0 Å². The van der Waals surface area contributed by atoms with E-state index in [-0.39, 0.29) is 18.4 Å². The maximum absolute atomic E-state index is 12.2. The summed E-state index contributed by atoms with van der Waals surface area (Å²) in [6.45, 7) is 2.07. The number of nitrogen functional groups attached to an aromatic ring is 1. The molecule has 22 heavy (non-hydrogen) atoms. The predicted octanol–water partition coefficient (Wildman–Crippen LogP) is 2.14. The van der Waals surface area contributed by atoms with Crippen LogP contribution in [0.2, 0.25) is 0 Å². The highest BCUT2D eigenvalue weighted by Crippen LogP contribution is 2.26. The van der Waals surface area contributed by atoms with Gasteiger partial charge in [0.1, 0.15) is 6.54 Å². The zero-order valence-electron chi connectivity index (χ0n) is 12.0. The van der Waals surface area contributed by atoms with Crippen LogP contribution in [0.25, 0.3) is 10.2 Å². The molecule has 7 nitrogen and oxygen atoms in total. The predicted molar refractivity (Wildman–Crippen MR) is 89.2 cm³/mol. The van der Waals surface area contributed by atoms with Crippen LogP contribution in [-0.4, -0.2) is 31.9 Å². The number of carbonyl (C=O) groups excluding carboxylic acids is 1. The molecule has 1 amide bonds. The van der Waals surface area contributed by atoms with E-state index < -0.39 is 0 Å². The molecule has 3 aromatic rings. The molecule has 0 spiro atoms. The molecule has 2 aromatic heterocycles. The van der Waals surface area contributed by atoms with Gasteiger partial charge in [-0.15, -0.1) is 10.2 Å². The Kier molecular flexibility index (Phi) is 3.99. The number of benzene rings is 1. The molecule has 0 atom stereocenters. The normalized spacial score (nSPS) is 11.0. The van der Waals surface area contributed by atoms with Crippen molar-refractivity contribution in [2.45, 2.75) is 18.6 Å². The Morgan fingerprint density at radius 2 is 2.27 bits per heavy atom. The van der Waals surface area contributed by atoms with E-state index in [1.54, 1.807) is 4.57 Å². The number of thiazole rings is 1. The summed E-state index contributed by atoms with van der Waals surface area (Å²) >= 11 is 2.83. The lowest BCUT2D eigenvalue weighted by atomic mass is 10.2. The molecule has 9 heteroatoms. The van der Waals surface area contributed by atoms with Crippen molar-refractivity contribution < 1.29 is 4.79 Å². The second-order valence-electron chi connectivity index (χ2n) is 4.67. The Labute approximate surface area is 134 Å². The van der Waals surface area contributed by atoms with Gasteiger partial charge in [-0.1, -0.05) is 29.2 Å². The smallest absolute Gasteiger partial charge is 0.246 e. The largest absolute Gasteiger partial charge is 0.368 e. The van der Waals surface area contributed by atoms with Crippen LogP contribution in [0.15, 0.2) is 23.4 Å². The van der Waals surface area contributed by atoms with Gasteiger partial charge >= 0.3 is 0 Å². The quantitative estimate of drug-likeness (QED) is 0.709. The first-order valence-corrected chi connectivity index (χ1v) is 8.50. The Morgan fingerprint density at radius 3 is 3.05 bits per heavy atom. The maximum atomic E-state index is 12.2. The highest BCUT2D eigenvalue weighted by Gasteiger charge is 2.14. The number of anilines is 2. The lowest BCUT2D eigenvalue weighted by Gasteiger charge is -2.05. The van der Waals surface area contributed by atoms with Crippen molar-refractivity contribution in [2.75, 3.05) is 17.3 Å². The monoisotopic (exact) mass is 334 g/mol. The van der Waals surface area contributed by atoms with Crippen molar-refractivity contribution in [2.24, 2.45) is 0 Å². The Morgan fingerprint density at radius 1 is 1.45 bits per heavy atom. The number of nitrogens with one attached hydrogen (secondary N) is 1.